The van der Waals surface area contributed by atoms with E-state index in [9.17, 15) is 5.11 Å². The highest BCUT2D eigenvalue weighted by atomic mass is 16.5. The molecule has 4 nitrogen and oxygen atoms in total. The first-order valence-corrected chi connectivity index (χ1v) is 7.71. The average molecular weight is 293 g/mol. The lowest BCUT2D eigenvalue weighted by atomic mass is 9.86. The first kappa shape index (κ1) is 16.1. The van der Waals surface area contributed by atoms with Crippen LogP contribution in [0.5, 0.6) is 11.5 Å². The van der Waals surface area contributed by atoms with Crippen LogP contribution in [0.25, 0.3) is 0 Å². The van der Waals surface area contributed by atoms with E-state index in [0.717, 1.165) is 43.9 Å². The van der Waals surface area contributed by atoms with Crippen LogP contribution in [-0.2, 0) is 6.54 Å². The molecule has 1 fully saturated rings. The van der Waals surface area contributed by atoms with Gasteiger partial charge in [-0.2, -0.15) is 0 Å². The number of methoxy groups -OCH3 is 2. The molecule has 0 saturated heterocycles. The van der Waals surface area contributed by atoms with Gasteiger partial charge in [0.1, 0.15) is 0 Å². The van der Waals surface area contributed by atoms with Crippen LogP contribution in [0.3, 0.4) is 0 Å². The van der Waals surface area contributed by atoms with Crippen LogP contribution in [0.2, 0.25) is 0 Å². The Bertz CT molecular complexity index is 450. The lowest BCUT2D eigenvalue weighted by Gasteiger charge is -2.31. The molecule has 0 amide bonds. The normalized spacial score (nSPS) is 22.3. The molecular formula is C17H27NO3. The number of nitrogens with zero attached hydrogens (tertiary/aromatic N) is 1. The Hall–Kier alpha value is -1.26. The number of benzene rings is 1. The lowest BCUT2D eigenvalue weighted by molar-refractivity contribution is 0.0501. The summed E-state index contributed by atoms with van der Waals surface area (Å²) in [6, 6.07) is 6.03. The van der Waals surface area contributed by atoms with Crippen molar-refractivity contribution < 1.29 is 14.6 Å². The monoisotopic (exact) mass is 293 g/mol. The summed E-state index contributed by atoms with van der Waals surface area (Å²) in [5.74, 6) is 1.93. The van der Waals surface area contributed by atoms with E-state index in [4.69, 9.17) is 9.47 Å². The SMILES string of the molecule is COc1ccc(CN(C)CC2CCCCC2O)cc1OC. The number of ether oxygens (including phenoxy) is 2. The van der Waals surface area contributed by atoms with Crippen molar-refractivity contribution in [1.29, 1.82) is 0 Å². The summed E-state index contributed by atoms with van der Waals surface area (Å²) in [4.78, 5) is 2.28. The molecule has 21 heavy (non-hydrogen) atoms. The summed E-state index contributed by atoms with van der Waals surface area (Å²) in [6.07, 6.45) is 4.36. The van der Waals surface area contributed by atoms with Gasteiger partial charge in [-0.1, -0.05) is 18.9 Å². The first-order valence-electron chi connectivity index (χ1n) is 7.71. The third-order valence-electron chi connectivity index (χ3n) is 4.32. The highest BCUT2D eigenvalue weighted by Gasteiger charge is 2.24. The van der Waals surface area contributed by atoms with Gasteiger partial charge in [-0.25, -0.2) is 0 Å². The predicted octanol–water partition coefficient (Wildman–Crippen LogP) is 2.69. The van der Waals surface area contributed by atoms with Gasteiger partial charge >= 0.3 is 0 Å². The Kier molecular flexibility index (Phi) is 5.88. The molecular weight excluding hydrogens is 266 g/mol. The second-order valence-electron chi connectivity index (χ2n) is 6.00. The Morgan fingerprint density at radius 2 is 1.86 bits per heavy atom. The predicted molar refractivity (Wildman–Crippen MR) is 83.8 cm³/mol. The van der Waals surface area contributed by atoms with Crippen LogP contribution in [0, 0.1) is 5.92 Å². The Balaban J connectivity index is 1.94. The van der Waals surface area contributed by atoms with Crippen LogP contribution in [-0.4, -0.2) is 43.9 Å². The van der Waals surface area contributed by atoms with Crippen molar-refractivity contribution >= 4 is 0 Å². The second kappa shape index (κ2) is 7.66. The summed E-state index contributed by atoms with van der Waals surface area (Å²) >= 11 is 0. The molecule has 1 N–H and O–H groups in total. The molecule has 1 saturated carbocycles. The van der Waals surface area contributed by atoms with Gasteiger partial charge in [-0.3, -0.25) is 0 Å². The fraction of sp³-hybridized carbons (Fsp3) is 0.647. The van der Waals surface area contributed by atoms with Crippen LogP contribution in [0.15, 0.2) is 18.2 Å². The zero-order chi connectivity index (χ0) is 15.2. The van der Waals surface area contributed by atoms with Gasteiger partial charge in [0.15, 0.2) is 11.5 Å². The maximum Gasteiger partial charge on any atom is 0.161 e. The zero-order valence-electron chi connectivity index (χ0n) is 13.3. The molecule has 4 heteroatoms. The number of rotatable bonds is 6. The van der Waals surface area contributed by atoms with E-state index in [0.29, 0.717) is 5.92 Å². The van der Waals surface area contributed by atoms with E-state index in [1.165, 1.54) is 12.0 Å². The Morgan fingerprint density at radius 3 is 2.52 bits per heavy atom. The van der Waals surface area contributed by atoms with Gasteiger partial charge in [-0.15, -0.1) is 0 Å². The number of aliphatic hydroxyl groups excluding tert-OH is 1. The van der Waals surface area contributed by atoms with Gasteiger partial charge < -0.3 is 19.5 Å². The van der Waals surface area contributed by atoms with Crippen molar-refractivity contribution in [3.8, 4) is 11.5 Å². The molecule has 1 aliphatic carbocycles. The molecule has 1 aromatic rings. The molecule has 2 unspecified atom stereocenters. The summed E-state index contributed by atoms with van der Waals surface area (Å²) < 4.78 is 10.6. The van der Waals surface area contributed by atoms with Gasteiger partial charge in [0.2, 0.25) is 0 Å². The lowest BCUT2D eigenvalue weighted by Crippen LogP contribution is -2.34. The smallest absolute Gasteiger partial charge is 0.161 e. The standard InChI is InChI=1S/C17H27NO3/c1-18(12-14-6-4-5-7-15(14)19)11-13-8-9-16(20-2)17(10-13)21-3/h8-10,14-15,19H,4-7,11-12H2,1-3H3. The van der Waals surface area contributed by atoms with Crippen molar-refractivity contribution in [3.63, 3.8) is 0 Å². The summed E-state index contributed by atoms with van der Waals surface area (Å²) in [6.45, 7) is 1.79. The first-order chi connectivity index (χ1) is 10.1. The molecule has 0 spiro atoms. The van der Waals surface area contributed by atoms with Gasteiger partial charge in [0.05, 0.1) is 20.3 Å². The fourth-order valence-electron chi connectivity index (χ4n) is 3.16. The molecule has 0 bridgehead atoms. The highest BCUT2D eigenvalue weighted by molar-refractivity contribution is 5.42. The zero-order valence-corrected chi connectivity index (χ0v) is 13.3. The second-order valence-corrected chi connectivity index (χ2v) is 6.00. The molecule has 0 heterocycles. The molecule has 2 rings (SSSR count). The molecule has 0 aromatic heterocycles. The van der Waals surface area contributed by atoms with Gasteiger partial charge in [0, 0.05) is 13.1 Å². The topological polar surface area (TPSA) is 41.9 Å². The molecule has 1 aliphatic rings. The van der Waals surface area contributed by atoms with Crippen molar-refractivity contribution in [2.45, 2.75) is 38.3 Å². The molecule has 118 valence electrons. The van der Waals surface area contributed by atoms with Gasteiger partial charge in [0.25, 0.3) is 0 Å². The summed E-state index contributed by atoms with van der Waals surface area (Å²) in [7, 11) is 5.41. The molecule has 2 atom stereocenters. The molecule has 1 aromatic carbocycles. The van der Waals surface area contributed by atoms with Crippen molar-refractivity contribution in [2.24, 2.45) is 5.92 Å². The van der Waals surface area contributed by atoms with E-state index in [2.05, 4.69) is 18.0 Å². The van der Waals surface area contributed by atoms with E-state index >= 15 is 0 Å². The number of hydrogen-bond donors (Lipinski definition) is 1. The fourth-order valence-corrected chi connectivity index (χ4v) is 3.16. The van der Waals surface area contributed by atoms with Crippen molar-refractivity contribution in [1.82, 2.24) is 4.90 Å². The summed E-state index contributed by atoms with van der Waals surface area (Å²) in [5.41, 5.74) is 1.19. The molecule has 0 aliphatic heterocycles. The maximum atomic E-state index is 10.1. The largest absolute Gasteiger partial charge is 0.493 e. The van der Waals surface area contributed by atoms with Crippen molar-refractivity contribution in [2.75, 3.05) is 27.8 Å². The van der Waals surface area contributed by atoms with Crippen LogP contribution >= 0.6 is 0 Å². The molecule has 0 radical (unpaired) electrons. The van der Waals surface area contributed by atoms with Crippen LogP contribution in [0.1, 0.15) is 31.2 Å². The average Bonchev–Trinajstić information content (AvgIpc) is 2.49. The van der Waals surface area contributed by atoms with E-state index < -0.39 is 0 Å². The minimum atomic E-state index is -0.133. The maximum absolute atomic E-state index is 10.1. The Labute approximate surface area is 127 Å². The van der Waals surface area contributed by atoms with Crippen molar-refractivity contribution in [3.05, 3.63) is 23.8 Å². The highest BCUT2D eigenvalue weighted by Crippen LogP contribution is 2.29. The van der Waals surface area contributed by atoms with Crippen LogP contribution in [0.4, 0.5) is 0 Å². The minimum Gasteiger partial charge on any atom is -0.493 e. The minimum absolute atomic E-state index is 0.133. The third-order valence-corrected chi connectivity index (χ3v) is 4.32. The third kappa shape index (κ3) is 4.35. The van der Waals surface area contributed by atoms with E-state index in [1.807, 2.05) is 12.1 Å². The van der Waals surface area contributed by atoms with Crippen LogP contribution < -0.4 is 9.47 Å². The Morgan fingerprint density at radius 1 is 1.14 bits per heavy atom. The van der Waals surface area contributed by atoms with E-state index in [-0.39, 0.29) is 6.10 Å². The number of aliphatic hydroxyl groups is 1. The van der Waals surface area contributed by atoms with Gasteiger partial charge in [-0.05, 0) is 43.5 Å². The summed E-state index contributed by atoms with van der Waals surface area (Å²) in [5, 5.41) is 10.1. The quantitative estimate of drug-likeness (QED) is 0.875. The number of hydrogen-bond acceptors (Lipinski definition) is 4. The van der Waals surface area contributed by atoms with E-state index in [1.54, 1.807) is 14.2 Å².